The lowest BCUT2D eigenvalue weighted by Crippen LogP contribution is -2.32. The van der Waals surface area contributed by atoms with Crippen molar-refractivity contribution >= 4 is 33.6 Å². The Morgan fingerprint density at radius 2 is 1.82 bits per heavy atom. The SMILES string of the molecule is C=Cc1ccccc1C1(Br)C(=O)c2cccc(OC)c2C1=O. The average molecular weight is 357 g/mol. The number of hydrogen-bond acceptors (Lipinski definition) is 3. The number of rotatable bonds is 3. The molecule has 0 aliphatic heterocycles. The van der Waals surface area contributed by atoms with Gasteiger partial charge in [0.15, 0.2) is 15.9 Å². The number of carbonyl (C=O) groups excluding carboxylic acids is 2. The Balaban J connectivity index is 2.28. The van der Waals surface area contributed by atoms with Gasteiger partial charge in [0.2, 0.25) is 0 Å². The molecule has 0 heterocycles. The van der Waals surface area contributed by atoms with Crippen LogP contribution < -0.4 is 4.74 Å². The van der Waals surface area contributed by atoms with Gasteiger partial charge in [-0.3, -0.25) is 9.59 Å². The van der Waals surface area contributed by atoms with Crippen LogP contribution in [0.2, 0.25) is 0 Å². The maximum atomic E-state index is 13.0. The lowest BCUT2D eigenvalue weighted by molar-refractivity contribution is 0.0870. The van der Waals surface area contributed by atoms with E-state index in [2.05, 4.69) is 22.5 Å². The summed E-state index contributed by atoms with van der Waals surface area (Å²) in [5.41, 5.74) is 2.04. The van der Waals surface area contributed by atoms with Crippen molar-refractivity contribution in [3.8, 4) is 5.75 Å². The number of fused-ring (bicyclic) bond motifs is 1. The van der Waals surface area contributed by atoms with Crippen molar-refractivity contribution in [3.63, 3.8) is 0 Å². The number of benzene rings is 2. The molecule has 1 aliphatic rings. The molecule has 0 radical (unpaired) electrons. The standard InChI is InChI=1S/C18H13BrO3/c1-3-11-7-4-5-9-13(11)18(19)16(20)12-8-6-10-14(22-2)15(12)17(18)21/h3-10H,1H2,2H3. The first-order valence-electron chi connectivity index (χ1n) is 6.73. The summed E-state index contributed by atoms with van der Waals surface area (Å²) in [5.74, 6) is -0.173. The Kier molecular flexibility index (Phi) is 3.49. The lowest BCUT2D eigenvalue weighted by Gasteiger charge is -2.21. The summed E-state index contributed by atoms with van der Waals surface area (Å²) < 4.78 is 3.83. The monoisotopic (exact) mass is 356 g/mol. The minimum Gasteiger partial charge on any atom is -0.496 e. The van der Waals surface area contributed by atoms with Gasteiger partial charge in [0, 0.05) is 5.56 Å². The molecule has 1 atom stereocenters. The van der Waals surface area contributed by atoms with Crippen LogP contribution in [-0.4, -0.2) is 18.7 Å². The van der Waals surface area contributed by atoms with E-state index in [-0.39, 0.29) is 11.6 Å². The van der Waals surface area contributed by atoms with Gasteiger partial charge in [-0.2, -0.15) is 0 Å². The first-order valence-corrected chi connectivity index (χ1v) is 7.52. The zero-order valence-electron chi connectivity index (χ0n) is 11.9. The molecule has 0 aromatic heterocycles. The van der Waals surface area contributed by atoms with Gasteiger partial charge >= 0.3 is 0 Å². The van der Waals surface area contributed by atoms with Gasteiger partial charge in [-0.05, 0) is 17.2 Å². The fraction of sp³-hybridized carbons (Fsp3) is 0.111. The van der Waals surface area contributed by atoms with Crippen molar-refractivity contribution in [2.45, 2.75) is 4.32 Å². The topological polar surface area (TPSA) is 43.4 Å². The fourth-order valence-electron chi connectivity index (χ4n) is 2.82. The summed E-state index contributed by atoms with van der Waals surface area (Å²) in [6.45, 7) is 3.76. The van der Waals surface area contributed by atoms with Gasteiger partial charge in [-0.25, -0.2) is 0 Å². The number of halogens is 1. The molecule has 2 aromatic carbocycles. The van der Waals surface area contributed by atoms with Crippen LogP contribution in [0.5, 0.6) is 5.75 Å². The van der Waals surface area contributed by atoms with Crippen molar-refractivity contribution in [1.29, 1.82) is 0 Å². The van der Waals surface area contributed by atoms with Crippen LogP contribution >= 0.6 is 15.9 Å². The normalized spacial score (nSPS) is 19.9. The Morgan fingerprint density at radius 1 is 1.09 bits per heavy atom. The number of ether oxygens (including phenoxy) is 1. The largest absolute Gasteiger partial charge is 0.496 e. The predicted molar refractivity (Wildman–Crippen MR) is 88.8 cm³/mol. The summed E-state index contributed by atoms with van der Waals surface area (Å²) in [6.07, 6.45) is 1.64. The van der Waals surface area contributed by atoms with Crippen LogP contribution in [0.25, 0.3) is 6.08 Å². The number of ketones is 2. The second kappa shape index (κ2) is 5.21. The first-order chi connectivity index (χ1) is 10.6. The molecule has 0 N–H and O–H groups in total. The van der Waals surface area contributed by atoms with E-state index in [0.717, 1.165) is 5.56 Å². The minimum absolute atomic E-state index is 0.277. The summed E-state index contributed by atoms with van der Waals surface area (Å²) in [6, 6.07) is 12.3. The summed E-state index contributed by atoms with van der Waals surface area (Å²) in [5, 5.41) is 0. The number of Topliss-reactive ketones (excluding diaryl/α,β-unsaturated/α-hetero) is 2. The summed E-state index contributed by atoms with van der Waals surface area (Å²) in [7, 11) is 1.49. The third-order valence-electron chi connectivity index (χ3n) is 3.90. The van der Waals surface area contributed by atoms with Crippen LogP contribution in [0.15, 0.2) is 49.0 Å². The number of hydrogen-bond donors (Lipinski definition) is 0. The van der Waals surface area contributed by atoms with Crippen LogP contribution in [0.4, 0.5) is 0 Å². The molecule has 1 aliphatic carbocycles. The molecule has 1 unspecified atom stereocenters. The third-order valence-corrected chi connectivity index (χ3v) is 5.04. The fourth-order valence-corrected chi connectivity index (χ4v) is 3.59. The first kappa shape index (κ1) is 14.7. The molecular formula is C18H13BrO3. The molecule has 0 amide bonds. The molecule has 3 rings (SSSR count). The van der Waals surface area contributed by atoms with E-state index in [1.54, 1.807) is 36.4 Å². The predicted octanol–water partition coefficient (Wildman–Crippen LogP) is 4.01. The van der Waals surface area contributed by atoms with E-state index in [4.69, 9.17) is 4.74 Å². The number of methoxy groups -OCH3 is 1. The Labute approximate surface area is 136 Å². The summed E-state index contributed by atoms with van der Waals surface area (Å²) in [4.78, 5) is 25.9. The zero-order valence-corrected chi connectivity index (χ0v) is 13.5. The number of alkyl halides is 1. The van der Waals surface area contributed by atoms with E-state index < -0.39 is 4.32 Å². The lowest BCUT2D eigenvalue weighted by atomic mass is 9.90. The molecule has 0 saturated heterocycles. The van der Waals surface area contributed by atoms with Crippen molar-refractivity contribution in [2.24, 2.45) is 0 Å². The maximum Gasteiger partial charge on any atom is 0.196 e. The van der Waals surface area contributed by atoms with E-state index in [1.807, 2.05) is 12.1 Å². The molecule has 2 aromatic rings. The average Bonchev–Trinajstić information content (AvgIpc) is 2.77. The van der Waals surface area contributed by atoms with Crippen molar-refractivity contribution < 1.29 is 14.3 Å². The van der Waals surface area contributed by atoms with Crippen molar-refractivity contribution in [3.05, 3.63) is 71.3 Å². The Hall–Kier alpha value is -2.20. The molecule has 110 valence electrons. The smallest absolute Gasteiger partial charge is 0.196 e. The Bertz CT molecular complexity index is 810. The van der Waals surface area contributed by atoms with Crippen LogP contribution in [0.1, 0.15) is 31.8 Å². The van der Waals surface area contributed by atoms with Gasteiger partial charge in [-0.1, -0.05) is 65.0 Å². The second-order valence-electron chi connectivity index (χ2n) is 4.99. The van der Waals surface area contributed by atoms with E-state index in [0.29, 0.717) is 22.4 Å². The molecule has 3 nitrogen and oxygen atoms in total. The van der Waals surface area contributed by atoms with Gasteiger partial charge in [-0.15, -0.1) is 0 Å². The van der Waals surface area contributed by atoms with Gasteiger partial charge in [0.25, 0.3) is 0 Å². The molecule has 22 heavy (non-hydrogen) atoms. The van der Waals surface area contributed by atoms with E-state index >= 15 is 0 Å². The van der Waals surface area contributed by atoms with E-state index in [1.165, 1.54) is 7.11 Å². The third kappa shape index (κ3) is 1.80. The van der Waals surface area contributed by atoms with Crippen LogP contribution in [0.3, 0.4) is 0 Å². The second-order valence-corrected chi connectivity index (χ2v) is 6.18. The highest BCUT2D eigenvalue weighted by atomic mass is 79.9. The zero-order chi connectivity index (χ0) is 15.9. The highest BCUT2D eigenvalue weighted by Crippen LogP contribution is 2.48. The maximum absolute atomic E-state index is 13.0. The Morgan fingerprint density at radius 3 is 2.50 bits per heavy atom. The highest BCUT2D eigenvalue weighted by molar-refractivity contribution is 9.10. The highest BCUT2D eigenvalue weighted by Gasteiger charge is 2.54. The quantitative estimate of drug-likeness (QED) is 0.616. The van der Waals surface area contributed by atoms with Gasteiger partial charge in [0.1, 0.15) is 5.75 Å². The van der Waals surface area contributed by atoms with E-state index in [9.17, 15) is 9.59 Å². The molecule has 0 bridgehead atoms. The molecule has 0 spiro atoms. The molecule has 0 fully saturated rings. The minimum atomic E-state index is -1.42. The van der Waals surface area contributed by atoms with Crippen molar-refractivity contribution in [2.75, 3.05) is 7.11 Å². The molecule has 0 saturated carbocycles. The summed E-state index contributed by atoms with van der Waals surface area (Å²) >= 11 is 3.42. The van der Waals surface area contributed by atoms with Gasteiger partial charge in [0.05, 0.1) is 12.7 Å². The van der Waals surface area contributed by atoms with Gasteiger partial charge < -0.3 is 4.74 Å². The van der Waals surface area contributed by atoms with Crippen LogP contribution in [-0.2, 0) is 4.32 Å². The number of carbonyl (C=O) groups is 2. The molecular weight excluding hydrogens is 344 g/mol. The van der Waals surface area contributed by atoms with Crippen LogP contribution in [0, 0.1) is 0 Å². The molecule has 4 heteroatoms. The van der Waals surface area contributed by atoms with Crippen molar-refractivity contribution in [1.82, 2.24) is 0 Å².